The second kappa shape index (κ2) is 11.7. The van der Waals surface area contributed by atoms with Crippen LogP contribution in [0.2, 0.25) is 0 Å². The maximum Gasteiger partial charge on any atom is 0.235 e. The highest BCUT2D eigenvalue weighted by molar-refractivity contribution is 7.26. The SMILES string of the molecule is c1ccc(-c2ccc(-c3nc(-n4c5cc(-c6ccccc6)c6ccccc6c5c5c6oc7ccccc7c6ccc54)nc4c3sc3ccccc34)cc2)cc1. The van der Waals surface area contributed by atoms with Gasteiger partial charge in [-0.2, -0.15) is 0 Å². The number of nitrogens with zero attached hydrogens (tertiary/aromatic N) is 3. The van der Waals surface area contributed by atoms with Crippen molar-refractivity contribution in [3.8, 4) is 39.5 Å². The molecule has 0 N–H and O–H groups in total. The minimum atomic E-state index is 0.628. The average Bonchev–Trinajstić information content (AvgIpc) is 3.93. The molecule has 0 bridgehead atoms. The molecule has 0 unspecified atom stereocenters. The van der Waals surface area contributed by atoms with Crippen LogP contribution in [0, 0.1) is 0 Å². The largest absolute Gasteiger partial charge is 0.455 e. The number of fused-ring (bicyclic) bond motifs is 12. The lowest BCUT2D eigenvalue weighted by Crippen LogP contribution is -2.03. The lowest BCUT2D eigenvalue weighted by Gasteiger charge is -2.13. The van der Waals surface area contributed by atoms with E-state index in [0.717, 1.165) is 87.1 Å². The zero-order chi connectivity index (χ0) is 36.0. The molecule has 0 spiro atoms. The summed E-state index contributed by atoms with van der Waals surface area (Å²) >= 11 is 1.75. The standard InChI is InChI=1S/C50H29N3OS/c1-3-13-30(14-4-1)31-23-25-33(26-24-31)46-49-47(38-20-10-12-22-43(38)55-49)52-50(51-46)53-40-28-27-37-35-18-9-11-21-42(35)54-48(37)45(40)44-36-19-8-7-17-34(36)39(29-41(44)53)32-15-5-2-6-16-32/h1-29H. The molecular weight excluding hydrogens is 691 g/mol. The number of hydrogen-bond acceptors (Lipinski definition) is 4. The first-order chi connectivity index (χ1) is 27.3. The van der Waals surface area contributed by atoms with Gasteiger partial charge in [-0.05, 0) is 63.4 Å². The van der Waals surface area contributed by atoms with Crippen LogP contribution in [-0.2, 0) is 0 Å². The lowest BCUT2D eigenvalue weighted by atomic mass is 9.94. The van der Waals surface area contributed by atoms with Crippen LogP contribution in [0.25, 0.3) is 114 Å². The molecule has 4 heterocycles. The molecule has 0 amide bonds. The minimum Gasteiger partial charge on any atom is -0.455 e. The van der Waals surface area contributed by atoms with Crippen molar-refractivity contribution >= 4 is 86.2 Å². The molecule has 12 rings (SSSR count). The van der Waals surface area contributed by atoms with E-state index in [1.807, 2.05) is 6.07 Å². The van der Waals surface area contributed by atoms with Gasteiger partial charge in [0.15, 0.2) is 0 Å². The average molecular weight is 720 g/mol. The summed E-state index contributed by atoms with van der Waals surface area (Å²) in [6.45, 7) is 0. The van der Waals surface area contributed by atoms with Crippen molar-refractivity contribution in [1.82, 2.24) is 14.5 Å². The Morgan fingerprint density at radius 1 is 0.455 bits per heavy atom. The maximum absolute atomic E-state index is 6.79. The zero-order valence-corrected chi connectivity index (χ0v) is 30.2. The molecule has 12 aromatic rings. The zero-order valence-electron chi connectivity index (χ0n) is 29.4. The Bertz CT molecular complexity index is 3470. The molecule has 0 saturated heterocycles. The van der Waals surface area contributed by atoms with Gasteiger partial charge in [0.1, 0.15) is 11.2 Å². The summed E-state index contributed by atoms with van der Waals surface area (Å²) in [6.07, 6.45) is 0. The fourth-order valence-electron chi connectivity index (χ4n) is 8.53. The Kier molecular flexibility index (Phi) is 6.47. The van der Waals surface area contributed by atoms with Crippen LogP contribution in [0.5, 0.6) is 0 Å². The van der Waals surface area contributed by atoms with Crippen molar-refractivity contribution < 1.29 is 4.42 Å². The van der Waals surface area contributed by atoms with Crippen molar-refractivity contribution in [1.29, 1.82) is 0 Å². The van der Waals surface area contributed by atoms with Gasteiger partial charge in [0.2, 0.25) is 5.95 Å². The fourth-order valence-corrected chi connectivity index (χ4v) is 9.69. The first kappa shape index (κ1) is 30.4. The van der Waals surface area contributed by atoms with Gasteiger partial charge in [0.25, 0.3) is 0 Å². The molecule has 55 heavy (non-hydrogen) atoms. The number of furan rings is 1. The Balaban J connectivity index is 1.23. The monoisotopic (exact) mass is 719 g/mol. The molecule has 0 aliphatic carbocycles. The highest BCUT2D eigenvalue weighted by atomic mass is 32.1. The minimum absolute atomic E-state index is 0.628. The van der Waals surface area contributed by atoms with E-state index in [1.54, 1.807) is 11.3 Å². The molecule has 0 saturated carbocycles. The van der Waals surface area contributed by atoms with Gasteiger partial charge in [-0.25, -0.2) is 9.97 Å². The van der Waals surface area contributed by atoms with E-state index in [9.17, 15) is 0 Å². The van der Waals surface area contributed by atoms with E-state index in [1.165, 1.54) is 21.2 Å². The third kappa shape index (κ3) is 4.51. The molecule has 0 radical (unpaired) electrons. The van der Waals surface area contributed by atoms with Gasteiger partial charge in [-0.15, -0.1) is 11.3 Å². The third-order valence-corrected chi connectivity index (χ3v) is 12.2. The topological polar surface area (TPSA) is 43.9 Å². The highest BCUT2D eigenvalue weighted by Gasteiger charge is 2.25. The lowest BCUT2D eigenvalue weighted by molar-refractivity contribution is 0.673. The van der Waals surface area contributed by atoms with E-state index in [0.29, 0.717) is 5.95 Å². The highest BCUT2D eigenvalue weighted by Crippen LogP contribution is 2.46. The van der Waals surface area contributed by atoms with Crippen molar-refractivity contribution in [2.45, 2.75) is 0 Å². The molecule has 0 aliphatic heterocycles. The quantitative estimate of drug-likeness (QED) is 0.182. The number of thiophene rings is 1. The second-order valence-corrected chi connectivity index (χ2v) is 15.1. The second-order valence-electron chi connectivity index (χ2n) is 14.1. The number of aromatic nitrogens is 3. The fraction of sp³-hybridized carbons (Fsp3) is 0. The molecule has 4 nitrogen and oxygen atoms in total. The van der Waals surface area contributed by atoms with E-state index >= 15 is 0 Å². The van der Waals surface area contributed by atoms with Crippen LogP contribution < -0.4 is 0 Å². The molecule has 4 aromatic heterocycles. The van der Waals surface area contributed by atoms with Gasteiger partial charge in [0.05, 0.1) is 32.3 Å². The summed E-state index contributed by atoms with van der Waals surface area (Å²) in [6, 6.07) is 62.3. The van der Waals surface area contributed by atoms with Crippen LogP contribution >= 0.6 is 11.3 Å². The summed E-state index contributed by atoms with van der Waals surface area (Å²) in [5.41, 5.74) is 11.4. The van der Waals surface area contributed by atoms with Crippen molar-refractivity contribution in [2.75, 3.05) is 0 Å². The number of para-hydroxylation sites is 1. The van der Waals surface area contributed by atoms with Crippen LogP contribution in [0.1, 0.15) is 0 Å². The molecular formula is C50H29N3OS. The van der Waals surface area contributed by atoms with Crippen molar-refractivity contribution in [2.24, 2.45) is 0 Å². The Morgan fingerprint density at radius 2 is 1.09 bits per heavy atom. The Hall–Kier alpha value is -7.08. The van der Waals surface area contributed by atoms with Crippen molar-refractivity contribution in [3.05, 3.63) is 176 Å². The Morgan fingerprint density at radius 3 is 1.89 bits per heavy atom. The molecule has 8 aromatic carbocycles. The summed E-state index contributed by atoms with van der Waals surface area (Å²) < 4.78 is 11.3. The summed E-state index contributed by atoms with van der Waals surface area (Å²) in [4.78, 5) is 11.0. The van der Waals surface area contributed by atoms with Crippen LogP contribution in [0.4, 0.5) is 0 Å². The molecule has 5 heteroatoms. The number of hydrogen-bond donors (Lipinski definition) is 0. The van der Waals surface area contributed by atoms with Gasteiger partial charge in [0, 0.05) is 31.8 Å². The predicted octanol–water partition coefficient (Wildman–Crippen LogP) is 14.0. The van der Waals surface area contributed by atoms with Gasteiger partial charge >= 0.3 is 0 Å². The van der Waals surface area contributed by atoms with Gasteiger partial charge in [-0.3, -0.25) is 4.57 Å². The smallest absolute Gasteiger partial charge is 0.235 e. The summed E-state index contributed by atoms with van der Waals surface area (Å²) in [5, 5.41) is 7.87. The van der Waals surface area contributed by atoms with Crippen LogP contribution in [0.3, 0.4) is 0 Å². The number of rotatable bonds is 4. The maximum atomic E-state index is 6.79. The van der Waals surface area contributed by atoms with E-state index < -0.39 is 0 Å². The van der Waals surface area contributed by atoms with E-state index in [-0.39, 0.29) is 0 Å². The number of benzene rings is 8. The van der Waals surface area contributed by atoms with Crippen molar-refractivity contribution in [3.63, 3.8) is 0 Å². The summed E-state index contributed by atoms with van der Waals surface area (Å²) in [7, 11) is 0. The van der Waals surface area contributed by atoms with E-state index in [2.05, 4.69) is 174 Å². The normalized spacial score (nSPS) is 12.0. The molecule has 256 valence electrons. The predicted molar refractivity (Wildman–Crippen MR) is 230 cm³/mol. The third-order valence-electron chi connectivity index (χ3n) is 11.0. The Labute approximate surface area is 319 Å². The molecule has 0 aliphatic rings. The summed E-state index contributed by atoms with van der Waals surface area (Å²) in [5.74, 6) is 0.628. The van der Waals surface area contributed by atoms with Gasteiger partial charge in [-0.1, -0.05) is 146 Å². The van der Waals surface area contributed by atoms with Crippen LogP contribution in [-0.4, -0.2) is 14.5 Å². The first-order valence-corrected chi connectivity index (χ1v) is 19.3. The first-order valence-electron chi connectivity index (χ1n) is 18.5. The van der Waals surface area contributed by atoms with Crippen LogP contribution in [0.15, 0.2) is 180 Å². The van der Waals surface area contributed by atoms with Gasteiger partial charge < -0.3 is 4.42 Å². The van der Waals surface area contributed by atoms with E-state index in [4.69, 9.17) is 14.4 Å². The molecule has 0 fully saturated rings. The molecule has 0 atom stereocenters.